The molecule has 5 heteroatoms. The Morgan fingerprint density at radius 2 is 1.52 bits per heavy atom. The van der Waals surface area contributed by atoms with E-state index in [0.29, 0.717) is 0 Å². The average molecular weight is 583 g/mol. The maximum absolute atomic E-state index is 6.12. The number of nitrogens with zero attached hydrogens (tertiary/aromatic N) is 2. The molecule has 224 valence electrons. The molecule has 0 radical (unpaired) electrons. The Bertz CT molecular complexity index is 1930. The molecule has 0 spiro atoms. The summed E-state index contributed by atoms with van der Waals surface area (Å²) in [6.45, 7) is 13.5. The van der Waals surface area contributed by atoms with Gasteiger partial charge >= 0.3 is 0 Å². The third kappa shape index (κ3) is 5.13. The predicted octanol–water partition coefficient (Wildman–Crippen LogP) is 6.78. The number of H-pyrrole nitrogens is 1. The Labute approximate surface area is 260 Å². The van der Waals surface area contributed by atoms with E-state index in [-0.39, 0.29) is 22.9 Å². The minimum absolute atomic E-state index is 0.0386. The summed E-state index contributed by atoms with van der Waals surface area (Å²) in [6, 6.07) is 20.2. The number of aliphatic imine (C=N–C) groups is 2. The quantitative estimate of drug-likeness (QED) is 0.358. The summed E-state index contributed by atoms with van der Waals surface area (Å²) in [5, 5.41) is 6.13. The van der Waals surface area contributed by atoms with Crippen LogP contribution >= 0.6 is 0 Å². The number of aryl methyl sites for hydroxylation is 2. The highest BCUT2D eigenvalue weighted by atomic mass is 16.5. The van der Waals surface area contributed by atoms with Crippen molar-refractivity contribution in [3.8, 4) is 11.1 Å². The predicted molar refractivity (Wildman–Crippen MR) is 183 cm³/mol. The molecule has 1 aromatic heterocycles. The van der Waals surface area contributed by atoms with Gasteiger partial charge in [-0.1, -0.05) is 87.4 Å². The van der Waals surface area contributed by atoms with Crippen LogP contribution in [0.15, 0.2) is 93.9 Å². The number of aromatic nitrogens is 1. The van der Waals surface area contributed by atoms with Crippen molar-refractivity contribution in [3.05, 3.63) is 111 Å². The smallest absolute Gasteiger partial charge is 0.165 e. The van der Waals surface area contributed by atoms with Crippen LogP contribution < -0.4 is 16.0 Å². The van der Waals surface area contributed by atoms with Crippen molar-refractivity contribution < 1.29 is 4.74 Å². The number of benzene rings is 2. The van der Waals surface area contributed by atoms with Gasteiger partial charge in [0.1, 0.15) is 5.71 Å². The second kappa shape index (κ2) is 10.4. The molecule has 2 N–H and O–H groups in total. The number of hydrogen-bond acceptors (Lipinski definition) is 4. The topological polar surface area (TPSA) is 61.8 Å². The number of fused-ring (bicyclic) bond motifs is 6. The number of nitrogens with one attached hydrogen (secondary N) is 2. The standard InChI is InChI=1S/C39H42N4O/c1-23-8-12-25(13-9-23)29-17-27-16-28-21-38(3,4)35(41-28)20-32-30(26-14-10-24(2)11-15-26)18-33(42-32)37(44-7)34-22-39(5,6)36(43-34)19-31(29)40-27/h8-20,28,35,40-41H,21-22H2,1-7H3/b27-16-,31-19?,32-20-,37-34+. The molecule has 3 aromatic rings. The van der Waals surface area contributed by atoms with Gasteiger partial charge in [-0.15, -0.1) is 0 Å². The molecular weight excluding hydrogens is 540 g/mol. The minimum Gasteiger partial charge on any atom is -0.493 e. The molecule has 44 heavy (non-hydrogen) atoms. The van der Waals surface area contributed by atoms with E-state index < -0.39 is 0 Å². The van der Waals surface area contributed by atoms with Crippen molar-refractivity contribution in [2.24, 2.45) is 20.8 Å². The van der Waals surface area contributed by atoms with Crippen molar-refractivity contribution in [3.63, 3.8) is 0 Å². The molecule has 0 aliphatic carbocycles. The van der Waals surface area contributed by atoms with Crippen molar-refractivity contribution >= 4 is 29.1 Å². The van der Waals surface area contributed by atoms with Gasteiger partial charge in [-0.2, -0.15) is 0 Å². The molecule has 1 saturated heterocycles. The van der Waals surface area contributed by atoms with Crippen LogP contribution in [0.4, 0.5) is 0 Å². The highest BCUT2D eigenvalue weighted by Crippen LogP contribution is 2.41. The van der Waals surface area contributed by atoms with Crippen LogP contribution in [-0.4, -0.2) is 35.6 Å². The molecule has 2 unspecified atom stereocenters. The van der Waals surface area contributed by atoms with Crippen molar-refractivity contribution in [1.82, 2.24) is 10.3 Å². The molecule has 5 nitrogen and oxygen atoms in total. The minimum atomic E-state index is -0.168. The van der Waals surface area contributed by atoms with E-state index >= 15 is 0 Å². The van der Waals surface area contributed by atoms with Gasteiger partial charge in [-0.3, -0.25) is 4.99 Å². The molecule has 4 aliphatic heterocycles. The maximum Gasteiger partial charge on any atom is 0.165 e. The number of aromatic amines is 1. The summed E-state index contributed by atoms with van der Waals surface area (Å²) in [6.07, 6.45) is 10.9. The van der Waals surface area contributed by atoms with Crippen LogP contribution in [0.2, 0.25) is 0 Å². The fourth-order valence-electron chi connectivity index (χ4n) is 6.98. The van der Waals surface area contributed by atoms with E-state index in [0.717, 1.165) is 63.3 Å². The van der Waals surface area contributed by atoms with Gasteiger partial charge in [0.15, 0.2) is 5.76 Å². The van der Waals surface area contributed by atoms with E-state index in [4.69, 9.17) is 14.7 Å². The Hall–Kier alpha value is -4.22. The van der Waals surface area contributed by atoms with E-state index in [1.165, 1.54) is 22.3 Å². The lowest BCUT2D eigenvalue weighted by Gasteiger charge is -2.24. The van der Waals surface area contributed by atoms with Crippen LogP contribution in [0.3, 0.4) is 0 Å². The Morgan fingerprint density at radius 1 is 0.841 bits per heavy atom. The lowest BCUT2D eigenvalue weighted by Crippen LogP contribution is -2.33. The van der Waals surface area contributed by atoms with E-state index in [1.54, 1.807) is 7.11 Å². The first-order chi connectivity index (χ1) is 21.0. The number of allylic oxidation sites excluding steroid dienone is 3. The molecule has 0 saturated carbocycles. The van der Waals surface area contributed by atoms with E-state index in [9.17, 15) is 0 Å². The van der Waals surface area contributed by atoms with Gasteiger partial charge in [-0.05, 0) is 67.2 Å². The average Bonchev–Trinajstić information content (AvgIpc) is 3.70. The van der Waals surface area contributed by atoms with Gasteiger partial charge in [0.2, 0.25) is 0 Å². The second-order valence-electron chi connectivity index (χ2n) is 14.2. The maximum atomic E-state index is 6.12. The van der Waals surface area contributed by atoms with Crippen molar-refractivity contribution in [1.29, 1.82) is 0 Å². The zero-order chi connectivity index (χ0) is 30.8. The fraction of sp³-hybridized carbons (Fsp3) is 0.333. The molecule has 1 fully saturated rings. The van der Waals surface area contributed by atoms with Crippen molar-refractivity contribution in [2.75, 3.05) is 7.11 Å². The second-order valence-corrected chi connectivity index (χ2v) is 14.2. The lowest BCUT2D eigenvalue weighted by atomic mass is 9.83. The molecule has 5 heterocycles. The summed E-state index contributed by atoms with van der Waals surface area (Å²) < 4.78 is 6.12. The summed E-state index contributed by atoms with van der Waals surface area (Å²) in [5.41, 5.74) is 10.8. The van der Waals surface area contributed by atoms with Crippen molar-refractivity contribution in [2.45, 2.75) is 66.5 Å². The molecule has 4 aliphatic rings. The third-order valence-corrected chi connectivity index (χ3v) is 9.62. The van der Waals surface area contributed by atoms with Crippen LogP contribution in [-0.2, 0) is 4.74 Å². The normalized spacial score (nSPS) is 26.9. The number of methoxy groups -OCH3 is 1. The van der Waals surface area contributed by atoms with Gasteiger partial charge in [0, 0.05) is 51.5 Å². The van der Waals surface area contributed by atoms with Gasteiger partial charge in [-0.25, -0.2) is 4.99 Å². The van der Waals surface area contributed by atoms with E-state index in [1.807, 2.05) is 0 Å². The molecule has 2 aromatic carbocycles. The monoisotopic (exact) mass is 582 g/mol. The molecule has 0 amide bonds. The summed E-state index contributed by atoms with van der Waals surface area (Å²) in [7, 11) is 1.74. The number of ether oxygens (including phenoxy) is 1. The van der Waals surface area contributed by atoms with Crippen LogP contribution in [0.5, 0.6) is 0 Å². The molecular formula is C39H42N4O. The van der Waals surface area contributed by atoms with E-state index in [2.05, 4.69) is 131 Å². The molecule has 7 rings (SSSR count). The summed E-state index contributed by atoms with van der Waals surface area (Å²) in [5.74, 6) is 0.748. The van der Waals surface area contributed by atoms with Gasteiger partial charge < -0.3 is 15.0 Å². The first-order valence-electron chi connectivity index (χ1n) is 15.7. The number of rotatable bonds is 3. The zero-order valence-electron chi connectivity index (χ0n) is 26.9. The lowest BCUT2D eigenvalue weighted by molar-refractivity contribution is 0.307. The third-order valence-electron chi connectivity index (χ3n) is 9.62. The van der Waals surface area contributed by atoms with Gasteiger partial charge in [0.05, 0.1) is 18.5 Å². The Morgan fingerprint density at radius 3 is 2.20 bits per heavy atom. The zero-order valence-corrected chi connectivity index (χ0v) is 26.9. The Kier molecular flexibility index (Phi) is 6.78. The van der Waals surface area contributed by atoms with Crippen LogP contribution in [0.1, 0.15) is 57.2 Å². The highest BCUT2D eigenvalue weighted by Gasteiger charge is 2.39. The molecule has 2 atom stereocenters. The summed E-state index contributed by atoms with van der Waals surface area (Å²) in [4.78, 5) is 14.2. The Balaban J connectivity index is 1.47. The highest BCUT2D eigenvalue weighted by molar-refractivity contribution is 6.19. The number of hydrogen-bond donors (Lipinski definition) is 2. The molecule has 8 bridgehead atoms. The fourth-order valence-corrected chi connectivity index (χ4v) is 6.98. The largest absolute Gasteiger partial charge is 0.493 e. The summed E-state index contributed by atoms with van der Waals surface area (Å²) >= 11 is 0. The SMILES string of the molecule is CO/C1=C2\CC(C)(C)C(=N2)C=c2[nH]/c(cc2-c2ccc(C)cc2)=C\C2CC(C)(C)C(/C=C3N=C1C=C\3c1ccc(C)cc1)N2. The first-order valence-corrected chi connectivity index (χ1v) is 15.7. The van der Waals surface area contributed by atoms with Crippen LogP contribution in [0.25, 0.3) is 28.9 Å². The first kappa shape index (κ1) is 28.5. The van der Waals surface area contributed by atoms with Crippen LogP contribution in [0, 0.1) is 24.7 Å². The van der Waals surface area contributed by atoms with Gasteiger partial charge in [0.25, 0.3) is 0 Å².